The van der Waals surface area contributed by atoms with Crippen molar-refractivity contribution in [3.63, 3.8) is 0 Å². The quantitative estimate of drug-likeness (QED) is 0.498. The molecule has 0 heteroatoms. The average molecular weight is 299 g/mol. The fourth-order valence-electron chi connectivity index (χ4n) is 6.20. The molecule has 2 saturated carbocycles. The highest BCUT2D eigenvalue weighted by Gasteiger charge is 2.55. The summed E-state index contributed by atoms with van der Waals surface area (Å²) in [7, 11) is 0. The molecule has 0 spiro atoms. The van der Waals surface area contributed by atoms with Gasteiger partial charge in [0.25, 0.3) is 0 Å². The van der Waals surface area contributed by atoms with Gasteiger partial charge in [-0.15, -0.1) is 6.58 Å². The lowest BCUT2D eigenvalue weighted by Crippen LogP contribution is -2.51. The van der Waals surface area contributed by atoms with Crippen LogP contribution in [0.5, 0.6) is 0 Å². The third-order valence-electron chi connectivity index (χ3n) is 7.87. The van der Waals surface area contributed by atoms with Gasteiger partial charge < -0.3 is 0 Å². The van der Waals surface area contributed by atoms with E-state index in [1.54, 1.807) is 5.57 Å². The highest BCUT2D eigenvalue weighted by Crippen LogP contribution is 2.65. The molecule has 3 aliphatic rings. The van der Waals surface area contributed by atoms with Gasteiger partial charge in [0.05, 0.1) is 0 Å². The Balaban J connectivity index is 1.99. The average Bonchev–Trinajstić information content (AvgIpc) is 2.46. The van der Waals surface area contributed by atoms with E-state index in [1.165, 1.54) is 50.5 Å². The Morgan fingerprint density at radius 2 is 1.91 bits per heavy atom. The van der Waals surface area contributed by atoms with Gasteiger partial charge in [-0.2, -0.15) is 0 Å². The number of allylic oxidation sites excluding steroid dienone is 4. The summed E-state index contributed by atoms with van der Waals surface area (Å²) < 4.78 is 0. The van der Waals surface area contributed by atoms with Crippen LogP contribution in [0.25, 0.3) is 0 Å². The van der Waals surface area contributed by atoms with Crippen molar-refractivity contribution in [3.8, 4) is 0 Å². The van der Waals surface area contributed by atoms with Crippen LogP contribution in [0.15, 0.2) is 36.5 Å². The van der Waals surface area contributed by atoms with Gasteiger partial charge in [0.1, 0.15) is 0 Å². The Morgan fingerprint density at radius 3 is 2.55 bits per heavy atom. The maximum absolute atomic E-state index is 4.39. The van der Waals surface area contributed by atoms with Crippen LogP contribution in [-0.4, -0.2) is 0 Å². The number of rotatable bonds is 2. The molecule has 3 aliphatic carbocycles. The van der Waals surface area contributed by atoms with Crippen LogP contribution in [-0.2, 0) is 0 Å². The van der Waals surface area contributed by atoms with Crippen molar-refractivity contribution in [2.45, 2.75) is 72.6 Å². The Morgan fingerprint density at radius 1 is 1.18 bits per heavy atom. The SMILES string of the molecule is C=C[C@]1(C)C=C2CC[C@@H]3[C@](C)(CCC[C@@]3(C)C(=C)C)[C@H]2CC1. The predicted octanol–water partition coefficient (Wildman–Crippen LogP) is 6.70. The highest BCUT2D eigenvalue weighted by atomic mass is 14.6. The van der Waals surface area contributed by atoms with E-state index in [0.717, 1.165) is 11.8 Å². The predicted molar refractivity (Wildman–Crippen MR) is 96.7 cm³/mol. The van der Waals surface area contributed by atoms with Crippen molar-refractivity contribution in [3.05, 3.63) is 36.5 Å². The van der Waals surface area contributed by atoms with E-state index < -0.39 is 0 Å². The molecule has 122 valence electrons. The zero-order chi connectivity index (χ0) is 16.2. The normalized spacial score (nSPS) is 47.9. The molecule has 0 N–H and O–H groups in total. The molecule has 0 amide bonds. The Bertz CT molecular complexity index is 524. The van der Waals surface area contributed by atoms with Crippen molar-refractivity contribution in [2.75, 3.05) is 0 Å². The van der Waals surface area contributed by atoms with Crippen LogP contribution in [0, 0.1) is 28.1 Å². The molecule has 0 nitrogen and oxygen atoms in total. The number of hydrogen-bond acceptors (Lipinski definition) is 0. The van der Waals surface area contributed by atoms with E-state index in [1.807, 2.05) is 0 Å². The summed E-state index contributed by atoms with van der Waals surface area (Å²) in [6.07, 6.45) is 14.2. The first-order valence-corrected chi connectivity index (χ1v) is 9.26. The summed E-state index contributed by atoms with van der Waals surface area (Å²) in [6.45, 7) is 18.2. The standard InChI is InChI=1S/C22H34/c1-7-20(4)14-11-18-17(15-20)9-10-19-21(5,16(2)3)12-8-13-22(18,19)6/h7,15,18-19H,1-2,8-14H2,3-6H3/t18-,19-,20-,21-,22+/m0/s1. The molecule has 0 aromatic heterocycles. The zero-order valence-electron chi connectivity index (χ0n) is 15.2. The van der Waals surface area contributed by atoms with Crippen molar-refractivity contribution in [1.82, 2.24) is 0 Å². The molecule has 3 rings (SSSR count). The van der Waals surface area contributed by atoms with Crippen LogP contribution in [0.3, 0.4) is 0 Å². The van der Waals surface area contributed by atoms with Crippen LogP contribution in [0.1, 0.15) is 72.6 Å². The van der Waals surface area contributed by atoms with E-state index in [9.17, 15) is 0 Å². The Hall–Kier alpha value is -0.780. The first-order valence-electron chi connectivity index (χ1n) is 9.26. The maximum atomic E-state index is 4.39. The minimum Gasteiger partial charge on any atom is -0.102 e. The van der Waals surface area contributed by atoms with Crippen molar-refractivity contribution in [2.24, 2.45) is 28.1 Å². The van der Waals surface area contributed by atoms with Gasteiger partial charge in [-0.25, -0.2) is 0 Å². The minimum absolute atomic E-state index is 0.237. The topological polar surface area (TPSA) is 0 Å². The molecule has 0 radical (unpaired) electrons. The lowest BCUT2D eigenvalue weighted by molar-refractivity contribution is -0.0501. The first kappa shape index (κ1) is 16.1. The monoisotopic (exact) mass is 298 g/mol. The number of hydrogen-bond donors (Lipinski definition) is 0. The van der Waals surface area contributed by atoms with Gasteiger partial charge in [-0.3, -0.25) is 0 Å². The van der Waals surface area contributed by atoms with E-state index in [4.69, 9.17) is 0 Å². The maximum Gasteiger partial charge on any atom is 0.00330 e. The van der Waals surface area contributed by atoms with Crippen molar-refractivity contribution in [1.29, 1.82) is 0 Å². The van der Waals surface area contributed by atoms with Gasteiger partial charge in [-0.1, -0.05) is 57.1 Å². The molecule has 0 aromatic rings. The summed E-state index contributed by atoms with van der Waals surface area (Å²) in [6, 6.07) is 0. The van der Waals surface area contributed by atoms with E-state index in [2.05, 4.69) is 53.0 Å². The molecule has 5 atom stereocenters. The van der Waals surface area contributed by atoms with Crippen LogP contribution >= 0.6 is 0 Å². The summed E-state index contributed by atoms with van der Waals surface area (Å²) in [5, 5.41) is 0. The molecular formula is C22H34. The number of fused-ring (bicyclic) bond motifs is 3. The highest BCUT2D eigenvalue weighted by molar-refractivity contribution is 5.28. The third kappa shape index (κ3) is 2.17. The van der Waals surface area contributed by atoms with E-state index in [0.29, 0.717) is 10.8 Å². The van der Waals surface area contributed by atoms with E-state index in [-0.39, 0.29) is 5.41 Å². The van der Waals surface area contributed by atoms with Gasteiger partial charge in [-0.05, 0) is 68.1 Å². The molecule has 0 aliphatic heterocycles. The lowest BCUT2D eigenvalue weighted by atomic mass is 9.44. The molecule has 0 aromatic carbocycles. The zero-order valence-corrected chi connectivity index (χ0v) is 15.2. The van der Waals surface area contributed by atoms with Gasteiger partial charge in [0, 0.05) is 5.41 Å². The second kappa shape index (κ2) is 5.11. The summed E-state index contributed by atoms with van der Waals surface area (Å²) in [4.78, 5) is 0. The summed E-state index contributed by atoms with van der Waals surface area (Å²) in [5.74, 6) is 1.62. The van der Waals surface area contributed by atoms with Crippen LogP contribution < -0.4 is 0 Å². The molecule has 2 fully saturated rings. The summed E-state index contributed by atoms with van der Waals surface area (Å²) in [5.41, 5.74) is 4.25. The Labute approximate surface area is 137 Å². The fourth-order valence-corrected chi connectivity index (χ4v) is 6.20. The lowest BCUT2D eigenvalue weighted by Gasteiger charge is -2.60. The smallest absolute Gasteiger partial charge is 0.00330 e. The minimum atomic E-state index is 0.237. The van der Waals surface area contributed by atoms with Gasteiger partial charge >= 0.3 is 0 Å². The molecule has 0 unspecified atom stereocenters. The molecule has 0 saturated heterocycles. The second-order valence-corrected chi connectivity index (χ2v) is 9.17. The van der Waals surface area contributed by atoms with E-state index >= 15 is 0 Å². The van der Waals surface area contributed by atoms with Crippen LogP contribution in [0.2, 0.25) is 0 Å². The van der Waals surface area contributed by atoms with Gasteiger partial charge in [0.15, 0.2) is 0 Å². The fraction of sp³-hybridized carbons (Fsp3) is 0.727. The Kier molecular flexibility index (Phi) is 3.74. The second-order valence-electron chi connectivity index (χ2n) is 9.17. The summed E-state index contributed by atoms with van der Waals surface area (Å²) >= 11 is 0. The van der Waals surface area contributed by atoms with Gasteiger partial charge in [0.2, 0.25) is 0 Å². The first-order chi connectivity index (χ1) is 10.3. The van der Waals surface area contributed by atoms with Crippen LogP contribution in [0.4, 0.5) is 0 Å². The largest absolute Gasteiger partial charge is 0.102 e. The molecule has 22 heavy (non-hydrogen) atoms. The molecule has 0 heterocycles. The molecular weight excluding hydrogens is 264 g/mol. The molecule has 0 bridgehead atoms. The third-order valence-corrected chi connectivity index (χ3v) is 7.87. The van der Waals surface area contributed by atoms with Crippen molar-refractivity contribution < 1.29 is 0 Å². The van der Waals surface area contributed by atoms with Crippen molar-refractivity contribution >= 4 is 0 Å².